The summed E-state index contributed by atoms with van der Waals surface area (Å²) < 4.78 is 11.4. The van der Waals surface area contributed by atoms with Gasteiger partial charge in [-0.25, -0.2) is 9.59 Å². The van der Waals surface area contributed by atoms with Crippen molar-refractivity contribution >= 4 is 12.2 Å². The molecule has 0 bridgehead atoms. The highest BCUT2D eigenvalue weighted by Gasteiger charge is 2.32. The van der Waals surface area contributed by atoms with Crippen LogP contribution in [0.15, 0.2) is 0 Å². The summed E-state index contributed by atoms with van der Waals surface area (Å²) in [5, 5.41) is 0. The van der Waals surface area contributed by atoms with Crippen molar-refractivity contribution in [2.24, 2.45) is 0 Å². The summed E-state index contributed by atoms with van der Waals surface area (Å²) in [6.07, 6.45) is 11.6. The van der Waals surface area contributed by atoms with Crippen LogP contribution < -0.4 is 0 Å². The van der Waals surface area contributed by atoms with Crippen LogP contribution in [-0.4, -0.2) is 58.4 Å². The SMILES string of the molecule is CC(C)(C)OC(=O)N(CCCN(C(=O)OC(C)(C)C)C1CCCCC1)C1CCCCC1. The quantitative estimate of drug-likeness (QED) is 0.474. The van der Waals surface area contributed by atoms with E-state index in [1.165, 1.54) is 12.8 Å². The smallest absolute Gasteiger partial charge is 0.410 e. The highest BCUT2D eigenvalue weighted by molar-refractivity contribution is 5.69. The Labute approximate surface area is 190 Å². The molecular weight excluding hydrogens is 392 g/mol. The van der Waals surface area contributed by atoms with E-state index in [2.05, 4.69) is 0 Å². The molecule has 31 heavy (non-hydrogen) atoms. The largest absolute Gasteiger partial charge is 0.444 e. The van der Waals surface area contributed by atoms with Crippen molar-refractivity contribution in [2.45, 2.75) is 135 Å². The minimum Gasteiger partial charge on any atom is -0.444 e. The lowest BCUT2D eigenvalue weighted by Gasteiger charge is -2.38. The molecule has 0 aromatic heterocycles. The third kappa shape index (κ3) is 9.28. The van der Waals surface area contributed by atoms with Gasteiger partial charge < -0.3 is 19.3 Å². The second-order valence-electron chi connectivity index (χ2n) is 11.3. The molecule has 0 aromatic rings. The van der Waals surface area contributed by atoms with Crippen LogP contribution in [0, 0.1) is 0 Å². The third-order valence-corrected chi connectivity index (χ3v) is 6.08. The molecule has 6 heteroatoms. The number of amides is 2. The first-order valence-electron chi connectivity index (χ1n) is 12.5. The molecule has 0 saturated heterocycles. The first-order chi connectivity index (χ1) is 14.5. The van der Waals surface area contributed by atoms with Crippen molar-refractivity contribution < 1.29 is 19.1 Å². The molecule has 0 spiro atoms. The fraction of sp³-hybridized carbons (Fsp3) is 0.920. The van der Waals surface area contributed by atoms with E-state index in [1.807, 2.05) is 51.3 Å². The molecule has 0 N–H and O–H groups in total. The predicted octanol–water partition coefficient (Wildman–Crippen LogP) is 6.52. The number of ether oxygens (including phenoxy) is 2. The normalized spacial score (nSPS) is 19.0. The zero-order chi connectivity index (χ0) is 23.1. The average Bonchev–Trinajstić information content (AvgIpc) is 2.66. The molecule has 2 amide bonds. The Kier molecular flexibility index (Phi) is 9.50. The van der Waals surface area contributed by atoms with Crippen LogP contribution in [-0.2, 0) is 9.47 Å². The summed E-state index contributed by atoms with van der Waals surface area (Å²) in [5.41, 5.74) is -1.01. The van der Waals surface area contributed by atoms with Gasteiger partial charge in [-0.2, -0.15) is 0 Å². The maximum absolute atomic E-state index is 13.0. The van der Waals surface area contributed by atoms with Crippen molar-refractivity contribution in [3.05, 3.63) is 0 Å². The maximum atomic E-state index is 13.0. The van der Waals surface area contributed by atoms with Gasteiger partial charge >= 0.3 is 12.2 Å². The molecule has 0 radical (unpaired) electrons. The van der Waals surface area contributed by atoms with E-state index in [0.717, 1.165) is 57.8 Å². The molecule has 0 atom stereocenters. The van der Waals surface area contributed by atoms with Gasteiger partial charge in [0, 0.05) is 25.2 Å². The second-order valence-corrected chi connectivity index (χ2v) is 11.3. The Morgan fingerprint density at radius 3 is 1.26 bits per heavy atom. The molecule has 0 heterocycles. The molecule has 2 saturated carbocycles. The van der Waals surface area contributed by atoms with Gasteiger partial charge in [0.1, 0.15) is 11.2 Å². The van der Waals surface area contributed by atoms with Crippen LogP contribution >= 0.6 is 0 Å². The van der Waals surface area contributed by atoms with Crippen molar-refractivity contribution in [1.82, 2.24) is 9.80 Å². The van der Waals surface area contributed by atoms with E-state index in [9.17, 15) is 9.59 Å². The summed E-state index contributed by atoms with van der Waals surface area (Å²) >= 11 is 0. The van der Waals surface area contributed by atoms with Crippen molar-refractivity contribution in [3.63, 3.8) is 0 Å². The highest BCUT2D eigenvalue weighted by atomic mass is 16.6. The average molecular weight is 439 g/mol. The highest BCUT2D eigenvalue weighted by Crippen LogP contribution is 2.27. The van der Waals surface area contributed by atoms with E-state index in [4.69, 9.17) is 9.47 Å². The topological polar surface area (TPSA) is 59.1 Å². The zero-order valence-electron chi connectivity index (χ0n) is 20.9. The Morgan fingerprint density at radius 2 is 0.968 bits per heavy atom. The summed E-state index contributed by atoms with van der Waals surface area (Å²) in [5.74, 6) is 0. The molecule has 180 valence electrons. The molecule has 6 nitrogen and oxygen atoms in total. The maximum Gasteiger partial charge on any atom is 0.410 e. The Hall–Kier alpha value is -1.46. The zero-order valence-corrected chi connectivity index (χ0v) is 20.9. The number of nitrogens with zero attached hydrogens (tertiary/aromatic N) is 2. The summed E-state index contributed by atoms with van der Waals surface area (Å²) in [6, 6.07) is 0.488. The lowest BCUT2D eigenvalue weighted by molar-refractivity contribution is 0.00567. The predicted molar refractivity (Wildman–Crippen MR) is 124 cm³/mol. The van der Waals surface area contributed by atoms with Gasteiger partial charge in [0.05, 0.1) is 0 Å². The van der Waals surface area contributed by atoms with Gasteiger partial charge in [0.2, 0.25) is 0 Å². The molecule has 0 aliphatic heterocycles. The third-order valence-electron chi connectivity index (χ3n) is 6.08. The van der Waals surface area contributed by atoms with Gasteiger partial charge in [-0.3, -0.25) is 0 Å². The van der Waals surface area contributed by atoms with E-state index < -0.39 is 11.2 Å². The first kappa shape index (κ1) is 25.8. The Morgan fingerprint density at radius 1 is 0.645 bits per heavy atom. The van der Waals surface area contributed by atoms with Crippen LogP contribution in [0.2, 0.25) is 0 Å². The lowest BCUT2D eigenvalue weighted by Crippen LogP contribution is -2.47. The van der Waals surface area contributed by atoms with E-state index >= 15 is 0 Å². The summed E-state index contributed by atoms with van der Waals surface area (Å²) in [4.78, 5) is 29.8. The monoisotopic (exact) mass is 438 g/mol. The summed E-state index contributed by atoms with van der Waals surface area (Å²) in [7, 11) is 0. The van der Waals surface area contributed by atoms with Gasteiger partial charge in [0.25, 0.3) is 0 Å². The number of hydrogen-bond donors (Lipinski definition) is 0. The first-order valence-corrected chi connectivity index (χ1v) is 12.5. The van der Waals surface area contributed by atoms with E-state index in [-0.39, 0.29) is 24.3 Å². The van der Waals surface area contributed by atoms with E-state index in [0.29, 0.717) is 13.1 Å². The number of carbonyl (C=O) groups excluding carboxylic acids is 2. The minimum absolute atomic E-state index is 0.221. The van der Waals surface area contributed by atoms with Crippen molar-refractivity contribution in [2.75, 3.05) is 13.1 Å². The van der Waals surface area contributed by atoms with Gasteiger partial charge in [0.15, 0.2) is 0 Å². The molecule has 2 aliphatic carbocycles. The standard InChI is InChI=1S/C25H46N2O4/c1-24(2,3)30-22(28)26(20-14-9-7-10-15-20)18-13-19-27(21-16-11-8-12-17-21)23(29)31-25(4,5)6/h20-21H,7-19H2,1-6H3. The van der Waals surface area contributed by atoms with Crippen LogP contribution in [0.1, 0.15) is 112 Å². The number of carbonyl (C=O) groups is 2. The number of hydrogen-bond acceptors (Lipinski definition) is 4. The van der Waals surface area contributed by atoms with Crippen molar-refractivity contribution in [3.8, 4) is 0 Å². The Bertz CT molecular complexity index is 517. The second kappa shape index (κ2) is 11.4. The molecule has 2 fully saturated rings. The minimum atomic E-state index is -0.505. The lowest BCUT2D eigenvalue weighted by atomic mass is 9.93. The van der Waals surface area contributed by atoms with Crippen LogP contribution in [0.5, 0.6) is 0 Å². The molecule has 2 rings (SSSR count). The van der Waals surface area contributed by atoms with Gasteiger partial charge in [-0.1, -0.05) is 38.5 Å². The molecule has 2 aliphatic rings. The fourth-order valence-electron chi connectivity index (χ4n) is 4.68. The molecule has 0 aromatic carbocycles. The van der Waals surface area contributed by atoms with Crippen LogP contribution in [0.4, 0.5) is 9.59 Å². The van der Waals surface area contributed by atoms with Crippen molar-refractivity contribution in [1.29, 1.82) is 0 Å². The molecular formula is C25H46N2O4. The number of rotatable bonds is 6. The van der Waals surface area contributed by atoms with Gasteiger partial charge in [-0.05, 0) is 73.6 Å². The Balaban J connectivity index is 2.03. The fourth-order valence-corrected chi connectivity index (χ4v) is 4.68. The van der Waals surface area contributed by atoms with Crippen LogP contribution in [0.3, 0.4) is 0 Å². The van der Waals surface area contributed by atoms with Gasteiger partial charge in [-0.15, -0.1) is 0 Å². The summed E-state index contributed by atoms with van der Waals surface area (Å²) in [6.45, 7) is 12.7. The van der Waals surface area contributed by atoms with Crippen LogP contribution in [0.25, 0.3) is 0 Å². The molecule has 0 unspecified atom stereocenters. The van der Waals surface area contributed by atoms with E-state index in [1.54, 1.807) is 0 Å².